The Kier molecular flexibility index (Phi) is 5.77. The summed E-state index contributed by atoms with van der Waals surface area (Å²) in [6, 6.07) is 5.71. The second-order valence-corrected chi connectivity index (χ2v) is 6.58. The minimum Gasteiger partial charge on any atom is -0.396 e. The van der Waals surface area contributed by atoms with Crippen molar-refractivity contribution in [1.29, 1.82) is 0 Å². The average molecular weight is 318 g/mol. The highest BCUT2D eigenvalue weighted by Gasteiger charge is 2.33. The molecular weight excluding hydrogens is 292 g/mol. The Morgan fingerprint density at radius 2 is 1.96 bits per heavy atom. The summed E-state index contributed by atoms with van der Waals surface area (Å²) >= 11 is 0. The Morgan fingerprint density at radius 1 is 1.26 bits per heavy atom. The first-order valence-corrected chi connectivity index (χ1v) is 8.26. The van der Waals surface area contributed by atoms with Crippen molar-refractivity contribution in [1.82, 2.24) is 5.32 Å². The fourth-order valence-electron chi connectivity index (χ4n) is 2.81. The van der Waals surface area contributed by atoms with Crippen LogP contribution >= 0.6 is 0 Å². The molecule has 1 aliphatic carbocycles. The maximum Gasteiger partial charge on any atom is 0.313 e. The Morgan fingerprint density at radius 3 is 2.52 bits per heavy atom. The fourth-order valence-corrected chi connectivity index (χ4v) is 2.81. The zero-order valence-corrected chi connectivity index (χ0v) is 14.1. The van der Waals surface area contributed by atoms with Crippen LogP contribution in [0, 0.1) is 12.8 Å². The number of nitrogens with one attached hydrogen (secondary N) is 2. The van der Waals surface area contributed by atoms with E-state index in [0.29, 0.717) is 18.0 Å². The predicted octanol–water partition coefficient (Wildman–Crippen LogP) is 2.33. The van der Waals surface area contributed by atoms with E-state index in [1.165, 1.54) is 0 Å². The molecule has 0 saturated heterocycles. The Labute approximate surface area is 137 Å². The summed E-state index contributed by atoms with van der Waals surface area (Å²) in [5.74, 6) is -0.636. The first-order valence-electron chi connectivity index (χ1n) is 8.26. The molecule has 5 heteroatoms. The molecule has 0 aromatic heterocycles. The lowest BCUT2D eigenvalue weighted by atomic mass is 9.98. The van der Waals surface area contributed by atoms with Gasteiger partial charge in [-0.15, -0.1) is 0 Å². The Balaban J connectivity index is 2.05. The van der Waals surface area contributed by atoms with E-state index in [1.807, 2.05) is 25.1 Å². The molecule has 1 aromatic rings. The van der Waals surface area contributed by atoms with Crippen LogP contribution in [0.25, 0.3) is 0 Å². The molecule has 1 unspecified atom stereocenters. The van der Waals surface area contributed by atoms with Gasteiger partial charge in [-0.05, 0) is 49.1 Å². The van der Waals surface area contributed by atoms with Crippen molar-refractivity contribution in [3.63, 3.8) is 0 Å². The molecule has 3 N–H and O–H groups in total. The van der Waals surface area contributed by atoms with Gasteiger partial charge in [0.15, 0.2) is 0 Å². The van der Waals surface area contributed by atoms with Gasteiger partial charge in [0.2, 0.25) is 0 Å². The van der Waals surface area contributed by atoms with Crippen molar-refractivity contribution in [3.05, 3.63) is 29.3 Å². The zero-order chi connectivity index (χ0) is 17.0. The van der Waals surface area contributed by atoms with Crippen molar-refractivity contribution in [2.75, 3.05) is 11.9 Å². The van der Waals surface area contributed by atoms with Gasteiger partial charge in [-0.2, -0.15) is 0 Å². The molecule has 2 amide bonds. The molecule has 1 aliphatic rings. The van der Waals surface area contributed by atoms with E-state index in [9.17, 15) is 9.59 Å². The lowest BCUT2D eigenvalue weighted by Gasteiger charge is -2.19. The van der Waals surface area contributed by atoms with Gasteiger partial charge in [0.25, 0.3) is 0 Å². The third kappa shape index (κ3) is 4.55. The van der Waals surface area contributed by atoms with Crippen LogP contribution in [0.4, 0.5) is 5.69 Å². The van der Waals surface area contributed by atoms with Crippen molar-refractivity contribution < 1.29 is 14.7 Å². The molecule has 0 heterocycles. The van der Waals surface area contributed by atoms with Gasteiger partial charge in [-0.1, -0.05) is 32.0 Å². The summed E-state index contributed by atoms with van der Waals surface area (Å²) in [6.07, 6.45) is 2.58. The average Bonchev–Trinajstić information content (AvgIpc) is 3.33. The van der Waals surface area contributed by atoms with E-state index in [2.05, 4.69) is 24.5 Å². The molecule has 23 heavy (non-hydrogen) atoms. The van der Waals surface area contributed by atoms with Gasteiger partial charge in [-0.25, -0.2) is 0 Å². The number of anilines is 1. The zero-order valence-electron chi connectivity index (χ0n) is 14.1. The summed E-state index contributed by atoms with van der Waals surface area (Å²) in [5.41, 5.74) is 2.67. The van der Waals surface area contributed by atoms with Crippen molar-refractivity contribution in [2.24, 2.45) is 5.92 Å². The highest BCUT2D eigenvalue weighted by Crippen LogP contribution is 2.34. The first kappa shape index (κ1) is 17.5. The summed E-state index contributed by atoms with van der Waals surface area (Å²) in [4.78, 5) is 24.4. The third-order valence-corrected chi connectivity index (χ3v) is 4.32. The highest BCUT2D eigenvalue weighted by molar-refractivity contribution is 6.39. The minimum absolute atomic E-state index is 0.0123. The van der Waals surface area contributed by atoms with E-state index >= 15 is 0 Å². The van der Waals surface area contributed by atoms with Crippen molar-refractivity contribution >= 4 is 17.5 Å². The van der Waals surface area contributed by atoms with E-state index < -0.39 is 11.8 Å². The summed E-state index contributed by atoms with van der Waals surface area (Å²) in [7, 11) is 0. The predicted molar refractivity (Wildman–Crippen MR) is 90.3 cm³/mol. The normalized spacial score (nSPS) is 15.3. The molecule has 0 aliphatic heterocycles. The molecule has 5 nitrogen and oxygen atoms in total. The number of amides is 2. The van der Waals surface area contributed by atoms with Gasteiger partial charge in [0.1, 0.15) is 0 Å². The summed E-state index contributed by atoms with van der Waals surface area (Å²) in [6.45, 7) is 6.03. The Hall–Kier alpha value is -1.88. The summed E-state index contributed by atoms with van der Waals surface area (Å²) < 4.78 is 0. The second-order valence-electron chi connectivity index (χ2n) is 6.58. The van der Waals surface area contributed by atoms with Crippen LogP contribution in [0.3, 0.4) is 0 Å². The van der Waals surface area contributed by atoms with Crippen LogP contribution in [-0.2, 0) is 9.59 Å². The van der Waals surface area contributed by atoms with Crippen molar-refractivity contribution in [2.45, 2.75) is 52.0 Å². The van der Waals surface area contributed by atoms with Crippen LogP contribution < -0.4 is 10.6 Å². The third-order valence-electron chi connectivity index (χ3n) is 4.32. The van der Waals surface area contributed by atoms with E-state index in [1.54, 1.807) is 0 Å². The van der Waals surface area contributed by atoms with Gasteiger partial charge in [-0.3, -0.25) is 9.59 Å². The number of carbonyl (C=O) groups is 2. The molecule has 1 atom stereocenters. The van der Waals surface area contributed by atoms with Gasteiger partial charge in [0.05, 0.1) is 0 Å². The van der Waals surface area contributed by atoms with E-state index in [-0.39, 0.29) is 18.6 Å². The van der Waals surface area contributed by atoms with Crippen LogP contribution in [0.1, 0.15) is 50.2 Å². The molecule has 1 saturated carbocycles. The number of carbonyl (C=O) groups excluding carboxylic acids is 2. The monoisotopic (exact) mass is 318 g/mol. The van der Waals surface area contributed by atoms with Gasteiger partial charge < -0.3 is 15.7 Å². The number of rotatable bonds is 6. The number of hydrogen-bond donors (Lipinski definition) is 3. The summed E-state index contributed by atoms with van der Waals surface area (Å²) in [5, 5.41) is 14.6. The number of aliphatic hydroxyl groups is 1. The Bertz CT molecular complexity index is 580. The minimum atomic E-state index is -0.648. The van der Waals surface area contributed by atoms with Gasteiger partial charge in [0, 0.05) is 18.3 Å². The van der Waals surface area contributed by atoms with Crippen LogP contribution in [0.5, 0.6) is 0 Å². The second kappa shape index (κ2) is 7.59. The molecule has 1 fully saturated rings. The molecule has 2 rings (SSSR count). The number of para-hydroxylation sites is 1. The SMILES string of the molecule is Cc1cccc(C(C)C)c1NC(=O)C(=O)NC(CCO)C1CC1. The first-order chi connectivity index (χ1) is 10.9. The van der Waals surface area contributed by atoms with Crippen molar-refractivity contribution in [3.8, 4) is 0 Å². The number of hydrogen-bond acceptors (Lipinski definition) is 3. The number of aryl methyl sites for hydroxylation is 1. The van der Waals surface area contributed by atoms with E-state index in [4.69, 9.17) is 5.11 Å². The largest absolute Gasteiger partial charge is 0.396 e. The highest BCUT2D eigenvalue weighted by atomic mass is 16.3. The number of benzene rings is 1. The molecule has 0 bridgehead atoms. The topological polar surface area (TPSA) is 78.4 Å². The standard InChI is InChI=1S/C18H26N2O3/c1-11(2)14-6-4-5-12(3)16(14)20-18(23)17(22)19-15(9-10-21)13-7-8-13/h4-6,11,13,15,21H,7-10H2,1-3H3,(H,19,22)(H,20,23). The van der Waals surface area contributed by atoms with E-state index in [0.717, 1.165) is 24.0 Å². The lowest BCUT2D eigenvalue weighted by molar-refractivity contribution is -0.136. The smallest absolute Gasteiger partial charge is 0.313 e. The lowest BCUT2D eigenvalue weighted by Crippen LogP contribution is -2.43. The fraction of sp³-hybridized carbons (Fsp3) is 0.556. The quantitative estimate of drug-likeness (QED) is 0.704. The maximum atomic E-state index is 12.2. The molecule has 0 radical (unpaired) electrons. The maximum absolute atomic E-state index is 12.2. The van der Waals surface area contributed by atoms with Gasteiger partial charge >= 0.3 is 11.8 Å². The van der Waals surface area contributed by atoms with Crippen LogP contribution in [-0.4, -0.2) is 29.6 Å². The molecule has 126 valence electrons. The molecule has 1 aromatic carbocycles. The molecule has 0 spiro atoms. The number of aliphatic hydroxyl groups excluding tert-OH is 1. The van der Waals surface area contributed by atoms with Crippen LogP contribution in [0.15, 0.2) is 18.2 Å². The molecular formula is C18H26N2O3. The van der Waals surface area contributed by atoms with Crippen LogP contribution in [0.2, 0.25) is 0 Å².